The first-order chi connectivity index (χ1) is 52.7. The predicted octanol–water partition coefficient (Wildman–Crippen LogP) is 24.0. The van der Waals surface area contributed by atoms with Crippen molar-refractivity contribution < 1.29 is 22.8 Å². The number of aromatic nitrogens is 5. The summed E-state index contributed by atoms with van der Waals surface area (Å²) < 4.78 is 11.7. The lowest BCUT2D eigenvalue weighted by Crippen LogP contribution is -2.32. The van der Waals surface area contributed by atoms with Crippen LogP contribution in [0, 0.1) is 90.0 Å². The maximum atomic E-state index is 2.37. The third-order valence-electron chi connectivity index (χ3n) is 23.5. The summed E-state index contributed by atoms with van der Waals surface area (Å²) in [5.41, 5.74) is 45.5. The molecule has 560 valence electrons. The summed E-state index contributed by atoms with van der Waals surface area (Å²) in [5, 5.41) is 6.69. The Morgan fingerprint density at radius 2 is 0.509 bits per heavy atom. The molecule has 0 radical (unpaired) electrons. The first-order valence-electron chi connectivity index (χ1n) is 40.2. The van der Waals surface area contributed by atoms with Crippen LogP contribution in [0.15, 0.2) is 218 Å². The van der Waals surface area contributed by atoms with Crippen LogP contribution in [0.3, 0.4) is 0 Å². The summed E-state index contributed by atoms with van der Waals surface area (Å²) in [6, 6.07) is 81.1. The summed E-state index contributed by atoms with van der Waals surface area (Å²) in [7, 11) is 10.9. The number of benzene rings is 10. The smallest absolute Gasteiger partial charge is 0.194 e. The van der Waals surface area contributed by atoms with E-state index in [-0.39, 0.29) is 0 Å². The highest BCUT2D eigenvalue weighted by atomic mass is 15.0. The fourth-order valence-electron chi connectivity index (χ4n) is 16.3. The lowest BCUT2D eigenvalue weighted by atomic mass is 9.95. The Labute approximate surface area is 658 Å². The van der Waals surface area contributed by atoms with Gasteiger partial charge in [-0.2, -0.15) is 22.8 Å². The molecule has 0 fully saturated rings. The maximum absolute atomic E-state index is 2.37. The molecule has 0 amide bonds. The molecule has 0 atom stereocenters. The van der Waals surface area contributed by atoms with E-state index in [1.807, 2.05) is 0 Å². The molecular formula is C105H120N5+5. The van der Waals surface area contributed by atoms with Crippen molar-refractivity contribution in [1.29, 1.82) is 0 Å². The van der Waals surface area contributed by atoms with Crippen molar-refractivity contribution in [2.45, 2.75) is 170 Å². The van der Waals surface area contributed by atoms with E-state index < -0.39 is 0 Å². The van der Waals surface area contributed by atoms with Crippen molar-refractivity contribution in [2.24, 2.45) is 35.2 Å². The van der Waals surface area contributed by atoms with E-state index in [1.165, 1.54) is 217 Å². The van der Waals surface area contributed by atoms with Gasteiger partial charge in [0.15, 0.2) is 0 Å². The van der Waals surface area contributed by atoms with Gasteiger partial charge in [0.1, 0.15) is 35.2 Å². The number of pyridine rings is 5. The average molecular weight is 1450 g/mol. The van der Waals surface area contributed by atoms with Gasteiger partial charge in [-0.15, -0.1) is 0 Å². The van der Waals surface area contributed by atoms with Gasteiger partial charge in [-0.25, -0.2) is 0 Å². The highest BCUT2D eigenvalue weighted by Crippen LogP contribution is 2.33. The highest BCUT2D eigenvalue weighted by Gasteiger charge is 2.24. The predicted molar refractivity (Wildman–Crippen MR) is 471 cm³/mol. The second-order valence-electron chi connectivity index (χ2n) is 31.1. The fourth-order valence-corrected chi connectivity index (χ4v) is 16.3. The van der Waals surface area contributed by atoms with Gasteiger partial charge in [-0.1, -0.05) is 154 Å². The van der Waals surface area contributed by atoms with Gasteiger partial charge in [-0.05, 0) is 279 Å². The van der Waals surface area contributed by atoms with Crippen molar-refractivity contribution in [1.82, 2.24) is 0 Å². The molecule has 0 unspecified atom stereocenters. The molecule has 0 bridgehead atoms. The normalized spacial score (nSPS) is 11.1. The van der Waals surface area contributed by atoms with Crippen molar-refractivity contribution in [2.75, 3.05) is 0 Å². The maximum Gasteiger partial charge on any atom is 0.213 e. The van der Waals surface area contributed by atoms with E-state index in [0.717, 1.165) is 38.5 Å². The summed E-state index contributed by atoms with van der Waals surface area (Å²) >= 11 is 0. The number of fused-ring (bicyclic) bond motifs is 5. The standard InChI is InChI=1S/C23H28N.2C21H24N.2C20H22N/c1-7-18-13-19(8-2)20-9-10-22(24(6)23(20)14-18)21-12-15(3)11-16(4)17(21)5;1-6-17-7-8-18-9-10-20(22(5)21(18)13-17)19-12-14(2)11-15(3)16(19)4;1-6-17-8-7-9-20-18(17)10-11-21(22(20)5)19-13-14(2)12-15(3)16(19)4;1-5-16-8-9-17-10-11-19(21(4)20(17)13-16)18-12-14(2)6-7-15(18)3;1-5-16-7-6-8-19-17(16)11-12-20(21(19)4)18-13-14(2)9-10-15(18)3/h9-14H,7-8H2,1-6H3;2*7-13H,6H2,1-5H3;2*6-13H,5H2,1-4H3/q5*+1. The van der Waals surface area contributed by atoms with Gasteiger partial charge in [0.05, 0.1) is 0 Å². The summed E-state index contributed by atoms with van der Waals surface area (Å²) in [6.45, 7) is 41.8. The molecule has 15 rings (SSSR count). The van der Waals surface area contributed by atoms with E-state index >= 15 is 0 Å². The third kappa shape index (κ3) is 17.0. The molecule has 0 saturated heterocycles. The minimum Gasteiger partial charge on any atom is -0.194 e. The van der Waals surface area contributed by atoms with Crippen LogP contribution >= 0.6 is 0 Å². The number of hydrogen-bond acceptors (Lipinski definition) is 0. The van der Waals surface area contributed by atoms with E-state index in [2.05, 4.69) is 408 Å². The lowest BCUT2D eigenvalue weighted by Gasteiger charge is -2.12. The topological polar surface area (TPSA) is 19.4 Å². The highest BCUT2D eigenvalue weighted by molar-refractivity contribution is 5.86. The third-order valence-corrected chi connectivity index (χ3v) is 23.5. The minimum atomic E-state index is 1.07. The molecule has 0 spiro atoms. The second-order valence-corrected chi connectivity index (χ2v) is 31.1. The van der Waals surface area contributed by atoms with Crippen molar-refractivity contribution in [3.05, 3.63) is 324 Å². The molecule has 0 aliphatic carbocycles. The fraction of sp³-hybridized carbons (Fsp3) is 0.286. The lowest BCUT2D eigenvalue weighted by molar-refractivity contribution is -0.633. The SMILES string of the molecule is CCc1cc(CC)c2ccc(-c3cc(C)cc(C)c3C)[n+](C)c2c1.CCc1ccc2ccc(-c3cc(C)cc(C)c3C)[n+](C)c2c1.CCc1ccc2ccc(-c3cc(C)ccc3C)[n+](C)c2c1.CCc1cccc2c1ccc(-c1cc(C)cc(C)c1C)[n+]2C.CCc1cccc2c1ccc(-c1cc(C)ccc1C)[n+]2C. The Bertz CT molecular complexity index is 5830. The molecule has 15 aromatic rings. The number of rotatable bonds is 11. The van der Waals surface area contributed by atoms with E-state index in [4.69, 9.17) is 0 Å². The summed E-state index contributed by atoms with van der Waals surface area (Å²) in [6.07, 6.45) is 6.44. The van der Waals surface area contributed by atoms with Gasteiger partial charge in [0.2, 0.25) is 56.1 Å². The van der Waals surface area contributed by atoms with E-state index in [9.17, 15) is 0 Å². The average Bonchev–Trinajstić information content (AvgIpc) is 0.774. The van der Waals surface area contributed by atoms with Gasteiger partial charge >= 0.3 is 0 Å². The Kier molecular flexibility index (Phi) is 25.4. The summed E-state index contributed by atoms with van der Waals surface area (Å²) in [4.78, 5) is 0. The van der Waals surface area contributed by atoms with Crippen LogP contribution in [-0.2, 0) is 73.8 Å². The van der Waals surface area contributed by atoms with Gasteiger partial charge < -0.3 is 0 Å². The quantitative estimate of drug-likeness (QED) is 0.115. The zero-order valence-electron chi connectivity index (χ0n) is 70.8. The second kappa shape index (κ2) is 34.9. The van der Waals surface area contributed by atoms with Gasteiger partial charge in [0, 0.05) is 115 Å². The molecule has 0 aliphatic heterocycles. The molecule has 110 heavy (non-hydrogen) atoms. The van der Waals surface area contributed by atoms with Crippen molar-refractivity contribution >= 4 is 54.5 Å². The van der Waals surface area contributed by atoms with E-state index in [0.29, 0.717) is 0 Å². The van der Waals surface area contributed by atoms with Crippen LogP contribution in [-0.4, -0.2) is 0 Å². The van der Waals surface area contributed by atoms with Gasteiger partial charge in [0.25, 0.3) is 0 Å². The minimum absolute atomic E-state index is 1.07. The van der Waals surface area contributed by atoms with Crippen molar-refractivity contribution in [3.63, 3.8) is 0 Å². The molecule has 5 heterocycles. The van der Waals surface area contributed by atoms with Crippen LogP contribution < -0.4 is 22.8 Å². The number of nitrogens with zero attached hydrogens (tertiary/aromatic N) is 5. The largest absolute Gasteiger partial charge is 0.213 e. The van der Waals surface area contributed by atoms with Crippen LogP contribution in [0.1, 0.15) is 147 Å². The Balaban J connectivity index is 0.000000136. The van der Waals surface area contributed by atoms with Crippen LogP contribution in [0.5, 0.6) is 0 Å². The summed E-state index contributed by atoms with van der Waals surface area (Å²) in [5.74, 6) is 0. The molecule has 0 saturated carbocycles. The molecule has 0 N–H and O–H groups in total. The van der Waals surface area contributed by atoms with Crippen LogP contribution in [0.4, 0.5) is 0 Å². The monoisotopic (exact) mass is 1450 g/mol. The van der Waals surface area contributed by atoms with Gasteiger partial charge in [-0.3, -0.25) is 0 Å². The van der Waals surface area contributed by atoms with Crippen LogP contribution in [0.25, 0.3) is 111 Å². The Morgan fingerprint density at radius 1 is 0.209 bits per heavy atom. The Morgan fingerprint density at radius 3 is 0.864 bits per heavy atom. The molecule has 5 nitrogen and oxygen atoms in total. The zero-order chi connectivity index (χ0) is 79.1. The van der Waals surface area contributed by atoms with Crippen molar-refractivity contribution in [3.8, 4) is 56.3 Å². The Hall–Kier alpha value is -10.8. The molecule has 5 aromatic heterocycles. The first-order valence-corrected chi connectivity index (χ1v) is 40.2. The van der Waals surface area contributed by atoms with E-state index in [1.54, 1.807) is 0 Å². The number of hydrogen-bond donors (Lipinski definition) is 0. The molecular weight excluding hydrogens is 1330 g/mol. The first kappa shape index (κ1) is 80.3. The van der Waals surface area contributed by atoms with Crippen LogP contribution in [0.2, 0.25) is 0 Å². The molecule has 10 aromatic carbocycles. The zero-order valence-corrected chi connectivity index (χ0v) is 70.8. The molecule has 0 aliphatic rings. The number of aryl methyl sites for hydroxylation is 21. The molecule has 5 heteroatoms.